The standard InChI is InChI=1S/C9H9NO2/c11-9-8-4-2-1-3-7(8)5-12-6-10-9/h1-4H,5-6H2,(H,10,11). The minimum atomic E-state index is -0.0527. The lowest BCUT2D eigenvalue weighted by Crippen LogP contribution is -2.23. The van der Waals surface area contributed by atoms with Gasteiger partial charge in [0, 0.05) is 5.56 Å². The van der Waals surface area contributed by atoms with Crippen molar-refractivity contribution in [1.29, 1.82) is 0 Å². The van der Waals surface area contributed by atoms with E-state index >= 15 is 0 Å². The first-order valence-corrected chi connectivity index (χ1v) is 3.82. The van der Waals surface area contributed by atoms with Crippen LogP contribution in [-0.2, 0) is 11.3 Å². The summed E-state index contributed by atoms with van der Waals surface area (Å²) in [6.45, 7) is 0.808. The maximum absolute atomic E-state index is 11.3. The highest BCUT2D eigenvalue weighted by molar-refractivity contribution is 5.95. The molecule has 0 aromatic heterocycles. The predicted molar refractivity (Wildman–Crippen MR) is 43.6 cm³/mol. The average Bonchev–Trinajstić information content (AvgIpc) is 2.29. The number of amides is 1. The molecule has 0 unspecified atom stereocenters. The zero-order valence-electron chi connectivity index (χ0n) is 6.54. The Morgan fingerprint density at radius 2 is 2.17 bits per heavy atom. The van der Waals surface area contributed by atoms with E-state index in [4.69, 9.17) is 4.74 Å². The molecule has 0 saturated carbocycles. The van der Waals surface area contributed by atoms with E-state index < -0.39 is 0 Å². The van der Waals surface area contributed by atoms with Gasteiger partial charge in [0.25, 0.3) is 5.91 Å². The topological polar surface area (TPSA) is 38.3 Å². The van der Waals surface area contributed by atoms with Gasteiger partial charge in [-0.25, -0.2) is 0 Å². The molecular formula is C9H9NO2. The van der Waals surface area contributed by atoms with Crippen LogP contribution in [0.25, 0.3) is 0 Å². The van der Waals surface area contributed by atoms with E-state index in [1.54, 1.807) is 6.07 Å². The SMILES string of the molecule is O=C1NCOCc2ccccc21. The molecule has 1 aromatic carbocycles. The van der Waals surface area contributed by atoms with E-state index in [1.807, 2.05) is 18.2 Å². The Balaban J connectivity index is 2.46. The van der Waals surface area contributed by atoms with Crippen LogP contribution in [0.5, 0.6) is 0 Å². The molecule has 1 N–H and O–H groups in total. The second-order valence-electron chi connectivity index (χ2n) is 2.66. The van der Waals surface area contributed by atoms with Crippen LogP contribution in [0.15, 0.2) is 24.3 Å². The van der Waals surface area contributed by atoms with Gasteiger partial charge in [0.2, 0.25) is 0 Å². The van der Waals surface area contributed by atoms with E-state index in [-0.39, 0.29) is 5.91 Å². The van der Waals surface area contributed by atoms with E-state index in [0.717, 1.165) is 11.1 Å². The molecule has 1 aliphatic rings. The maximum Gasteiger partial charge on any atom is 0.253 e. The highest BCUT2D eigenvalue weighted by Gasteiger charge is 2.13. The third-order valence-corrected chi connectivity index (χ3v) is 1.85. The molecule has 3 nitrogen and oxygen atoms in total. The first-order valence-electron chi connectivity index (χ1n) is 3.82. The van der Waals surface area contributed by atoms with Crippen molar-refractivity contribution in [3.63, 3.8) is 0 Å². The molecule has 1 aromatic rings. The van der Waals surface area contributed by atoms with Gasteiger partial charge in [0.15, 0.2) is 0 Å². The number of nitrogens with one attached hydrogen (secondary N) is 1. The summed E-state index contributed by atoms with van der Waals surface area (Å²) in [4.78, 5) is 11.3. The van der Waals surface area contributed by atoms with Gasteiger partial charge in [0.1, 0.15) is 6.73 Å². The van der Waals surface area contributed by atoms with Crippen molar-refractivity contribution in [2.75, 3.05) is 6.73 Å². The van der Waals surface area contributed by atoms with Crippen LogP contribution in [-0.4, -0.2) is 12.6 Å². The normalized spacial score (nSPS) is 16.2. The highest BCUT2D eigenvalue weighted by Crippen LogP contribution is 2.11. The van der Waals surface area contributed by atoms with E-state index in [2.05, 4.69) is 5.32 Å². The van der Waals surface area contributed by atoms with Crippen LogP contribution in [0.2, 0.25) is 0 Å². The Hall–Kier alpha value is -1.35. The van der Waals surface area contributed by atoms with Crippen molar-refractivity contribution in [3.8, 4) is 0 Å². The van der Waals surface area contributed by atoms with Crippen LogP contribution in [0, 0.1) is 0 Å². The second kappa shape index (κ2) is 2.95. The number of hydrogen-bond acceptors (Lipinski definition) is 2. The highest BCUT2D eigenvalue weighted by atomic mass is 16.5. The number of ether oxygens (including phenoxy) is 1. The monoisotopic (exact) mass is 163 g/mol. The molecule has 1 heterocycles. The number of benzene rings is 1. The molecule has 1 aliphatic heterocycles. The number of hydrogen-bond donors (Lipinski definition) is 1. The summed E-state index contributed by atoms with van der Waals surface area (Å²) in [6, 6.07) is 7.46. The van der Waals surface area contributed by atoms with Crippen LogP contribution in [0.3, 0.4) is 0 Å². The van der Waals surface area contributed by atoms with Gasteiger partial charge < -0.3 is 10.1 Å². The molecule has 0 spiro atoms. The lowest BCUT2D eigenvalue weighted by atomic mass is 10.1. The van der Waals surface area contributed by atoms with Crippen LogP contribution in [0.1, 0.15) is 15.9 Å². The number of fused-ring (bicyclic) bond motifs is 1. The van der Waals surface area contributed by atoms with E-state index in [9.17, 15) is 4.79 Å². The second-order valence-corrected chi connectivity index (χ2v) is 2.66. The summed E-state index contributed by atoms with van der Waals surface area (Å²) in [6.07, 6.45) is 0. The van der Waals surface area contributed by atoms with Crippen LogP contribution < -0.4 is 5.32 Å². The van der Waals surface area contributed by atoms with Gasteiger partial charge in [-0.2, -0.15) is 0 Å². The van der Waals surface area contributed by atoms with E-state index in [1.165, 1.54) is 0 Å². The van der Waals surface area contributed by atoms with Crippen molar-refractivity contribution in [2.24, 2.45) is 0 Å². The fourth-order valence-corrected chi connectivity index (χ4v) is 1.24. The third-order valence-electron chi connectivity index (χ3n) is 1.85. The molecule has 0 fully saturated rings. The molecule has 0 saturated heterocycles. The fraction of sp³-hybridized carbons (Fsp3) is 0.222. The van der Waals surface area contributed by atoms with E-state index in [0.29, 0.717) is 13.3 Å². The summed E-state index contributed by atoms with van der Waals surface area (Å²) in [5.41, 5.74) is 1.67. The maximum atomic E-state index is 11.3. The summed E-state index contributed by atoms with van der Waals surface area (Å²) in [7, 11) is 0. The fourth-order valence-electron chi connectivity index (χ4n) is 1.24. The lowest BCUT2D eigenvalue weighted by Gasteiger charge is -2.00. The Labute approximate surface area is 70.3 Å². The zero-order chi connectivity index (χ0) is 8.39. The largest absolute Gasteiger partial charge is 0.357 e. The summed E-state index contributed by atoms with van der Waals surface area (Å²) in [5.74, 6) is -0.0527. The summed E-state index contributed by atoms with van der Waals surface area (Å²) >= 11 is 0. The van der Waals surface area contributed by atoms with Crippen molar-refractivity contribution in [2.45, 2.75) is 6.61 Å². The van der Waals surface area contributed by atoms with Crippen LogP contribution in [0.4, 0.5) is 0 Å². The Bertz CT molecular complexity index is 309. The first-order chi connectivity index (χ1) is 5.88. The molecule has 0 atom stereocenters. The number of carbonyl (C=O) groups is 1. The molecule has 0 bridgehead atoms. The molecular weight excluding hydrogens is 154 g/mol. The van der Waals surface area contributed by atoms with Crippen molar-refractivity contribution < 1.29 is 9.53 Å². The van der Waals surface area contributed by atoms with Crippen molar-refractivity contribution in [3.05, 3.63) is 35.4 Å². The number of rotatable bonds is 0. The molecule has 62 valence electrons. The minimum absolute atomic E-state index is 0.0527. The zero-order valence-corrected chi connectivity index (χ0v) is 6.54. The molecule has 3 heteroatoms. The third kappa shape index (κ3) is 1.19. The summed E-state index contributed by atoms with van der Waals surface area (Å²) in [5, 5.41) is 2.64. The van der Waals surface area contributed by atoms with Gasteiger partial charge in [-0.3, -0.25) is 4.79 Å². The molecule has 0 radical (unpaired) electrons. The molecule has 2 rings (SSSR count). The smallest absolute Gasteiger partial charge is 0.253 e. The summed E-state index contributed by atoms with van der Waals surface area (Å²) < 4.78 is 5.16. The molecule has 0 aliphatic carbocycles. The Morgan fingerprint density at radius 3 is 3.08 bits per heavy atom. The minimum Gasteiger partial charge on any atom is -0.357 e. The first kappa shape index (κ1) is 7.31. The lowest BCUT2D eigenvalue weighted by molar-refractivity contribution is 0.0810. The van der Waals surface area contributed by atoms with Gasteiger partial charge in [-0.1, -0.05) is 18.2 Å². The van der Waals surface area contributed by atoms with Gasteiger partial charge in [-0.15, -0.1) is 0 Å². The number of carbonyl (C=O) groups excluding carboxylic acids is 1. The average molecular weight is 163 g/mol. The quantitative estimate of drug-likeness (QED) is 0.617. The Morgan fingerprint density at radius 1 is 1.33 bits per heavy atom. The van der Waals surface area contributed by atoms with Gasteiger partial charge in [-0.05, 0) is 11.6 Å². The Kier molecular flexibility index (Phi) is 1.80. The molecule has 1 amide bonds. The predicted octanol–water partition coefficient (Wildman–Crippen LogP) is 0.904. The molecule has 12 heavy (non-hydrogen) atoms. The van der Waals surface area contributed by atoms with Gasteiger partial charge >= 0.3 is 0 Å². The van der Waals surface area contributed by atoms with Crippen molar-refractivity contribution in [1.82, 2.24) is 5.32 Å². The van der Waals surface area contributed by atoms with Crippen molar-refractivity contribution >= 4 is 5.91 Å². The van der Waals surface area contributed by atoms with Crippen LogP contribution >= 0.6 is 0 Å². The van der Waals surface area contributed by atoms with Gasteiger partial charge in [0.05, 0.1) is 6.61 Å².